The van der Waals surface area contributed by atoms with E-state index in [1.807, 2.05) is 37.3 Å². The minimum atomic E-state index is -0.551. The Kier molecular flexibility index (Phi) is 5.91. The van der Waals surface area contributed by atoms with Crippen LogP contribution < -0.4 is 10.5 Å². The molecule has 1 aliphatic rings. The van der Waals surface area contributed by atoms with Crippen molar-refractivity contribution in [2.45, 2.75) is 44.4 Å². The monoisotopic (exact) mass is 466 g/mol. The molecule has 4 aromatic rings. The Morgan fingerprint density at radius 3 is 2.69 bits per heavy atom. The van der Waals surface area contributed by atoms with Gasteiger partial charge in [0, 0.05) is 23.4 Å². The molecule has 0 aliphatic heterocycles. The van der Waals surface area contributed by atoms with Gasteiger partial charge in [0.2, 0.25) is 0 Å². The lowest BCUT2D eigenvalue weighted by Gasteiger charge is -2.30. The molecule has 2 N–H and O–H groups in total. The summed E-state index contributed by atoms with van der Waals surface area (Å²) >= 11 is 0. The fraction of sp³-hybridized carbons (Fsp3) is 0.296. The van der Waals surface area contributed by atoms with E-state index in [0.717, 1.165) is 54.5 Å². The van der Waals surface area contributed by atoms with Gasteiger partial charge in [0.25, 0.3) is 0 Å². The van der Waals surface area contributed by atoms with Crippen LogP contribution in [0.4, 0.5) is 5.82 Å². The van der Waals surface area contributed by atoms with Crippen LogP contribution in [0.1, 0.15) is 43.4 Å². The summed E-state index contributed by atoms with van der Waals surface area (Å²) < 4.78 is 11.2. The van der Waals surface area contributed by atoms with Gasteiger partial charge >= 0.3 is 0 Å². The van der Waals surface area contributed by atoms with Crippen LogP contribution >= 0.6 is 0 Å². The number of nitrogen functional groups attached to an aromatic ring is 1. The number of benzene rings is 1. The van der Waals surface area contributed by atoms with Crippen LogP contribution in [-0.2, 0) is 5.41 Å². The van der Waals surface area contributed by atoms with Crippen molar-refractivity contribution in [3.8, 4) is 45.8 Å². The third-order valence-electron chi connectivity index (χ3n) is 6.72. The number of nitriles is 1. The summed E-state index contributed by atoms with van der Waals surface area (Å²) in [5.41, 5.74) is 10.7. The standard InChI is InChI=1S/C27H26N6O2/c1-17-7-6-8-21(34-2)24(17)19-14-22(35-33-19)25-26(29)31-15-20(32-25)18-9-12-30-23(13-18)27(16-28)10-4-3-5-11-27/h6-9,12-15H,3-5,10-11H2,1-2H3,(H2,29,31). The predicted octanol–water partition coefficient (Wildman–Crippen LogP) is 5.49. The Labute approximate surface area is 203 Å². The van der Waals surface area contributed by atoms with E-state index in [-0.39, 0.29) is 5.82 Å². The van der Waals surface area contributed by atoms with Crippen molar-refractivity contribution in [2.24, 2.45) is 0 Å². The van der Waals surface area contributed by atoms with Gasteiger partial charge in [0.15, 0.2) is 17.3 Å². The van der Waals surface area contributed by atoms with Gasteiger partial charge in [0.1, 0.15) is 11.4 Å². The molecule has 0 unspecified atom stereocenters. The molecule has 1 aliphatic carbocycles. The van der Waals surface area contributed by atoms with E-state index in [0.29, 0.717) is 28.6 Å². The predicted molar refractivity (Wildman–Crippen MR) is 132 cm³/mol. The second-order valence-corrected chi connectivity index (χ2v) is 8.90. The zero-order chi connectivity index (χ0) is 24.4. The molecule has 0 atom stereocenters. The van der Waals surface area contributed by atoms with Gasteiger partial charge in [0.05, 0.1) is 36.2 Å². The number of rotatable bonds is 5. The Morgan fingerprint density at radius 2 is 1.91 bits per heavy atom. The van der Waals surface area contributed by atoms with Gasteiger partial charge in [-0.05, 0) is 43.5 Å². The number of pyridine rings is 1. The van der Waals surface area contributed by atoms with Crippen LogP contribution in [-0.4, -0.2) is 27.2 Å². The highest BCUT2D eigenvalue weighted by Gasteiger charge is 2.35. The summed E-state index contributed by atoms with van der Waals surface area (Å²) in [4.78, 5) is 13.7. The highest BCUT2D eigenvalue weighted by atomic mass is 16.5. The summed E-state index contributed by atoms with van der Waals surface area (Å²) in [5, 5.41) is 14.2. The number of nitrogens with two attached hydrogens (primary N) is 1. The Bertz CT molecular complexity index is 1420. The first-order valence-corrected chi connectivity index (χ1v) is 11.7. The van der Waals surface area contributed by atoms with Gasteiger partial charge in [-0.3, -0.25) is 4.98 Å². The first-order chi connectivity index (χ1) is 17.0. The van der Waals surface area contributed by atoms with Crippen LogP contribution in [0.3, 0.4) is 0 Å². The molecule has 176 valence electrons. The molecule has 0 bridgehead atoms. The minimum absolute atomic E-state index is 0.239. The molecule has 0 spiro atoms. The molecule has 8 nitrogen and oxygen atoms in total. The molecule has 8 heteroatoms. The molecular weight excluding hydrogens is 440 g/mol. The summed E-state index contributed by atoms with van der Waals surface area (Å²) in [5.74, 6) is 1.35. The first kappa shape index (κ1) is 22.5. The zero-order valence-electron chi connectivity index (χ0n) is 19.8. The van der Waals surface area contributed by atoms with Crippen molar-refractivity contribution in [3.63, 3.8) is 0 Å². The number of aryl methyl sites for hydroxylation is 1. The lowest BCUT2D eigenvalue weighted by Crippen LogP contribution is -2.28. The third-order valence-corrected chi connectivity index (χ3v) is 6.72. The molecule has 0 amide bonds. The second-order valence-electron chi connectivity index (χ2n) is 8.90. The van der Waals surface area contributed by atoms with Gasteiger partial charge in [-0.1, -0.05) is 36.6 Å². The average Bonchev–Trinajstić information content (AvgIpc) is 3.38. The number of nitrogens with zero attached hydrogens (tertiary/aromatic N) is 5. The first-order valence-electron chi connectivity index (χ1n) is 11.7. The van der Waals surface area contributed by atoms with Crippen LogP contribution in [0.5, 0.6) is 5.75 Å². The van der Waals surface area contributed by atoms with Gasteiger partial charge in [-0.2, -0.15) is 5.26 Å². The topological polar surface area (TPSA) is 124 Å². The van der Waals surface area contributed by atoms with Crippen LogP contribution in [0.25, 0.3) is 34.0 Å². The van der Waals surface area contributed by atoms with E-state index in [9.17, 15) is 5.26 Å². The van der Waals surface area contributed by atoms with Crippen molar-refractivity contribution in [1.82, 2.24) is 20.1 Å². The molecule has 0 radical (unpaired) electrons. The smallest absolute Gasteiger partial charge is 0.189 e. The SMILES string of the molecule is COc1cccc(C)c1-c1cc(-c2nc(-c3ccnc(C4(C#N)CCCCC4)c3)cnc2N)on1. The second kappa shape index (κ2) is 9.18. The molecule has 0 saturated heterocycles. The van der Waals surface area contributed by atoms with E-state index < -0.39 is 5.41 Å². The Hall–Kier alpha value is -4.25. The van der Waals surface area contributed by atoms with Crippen LogP contribution in [0.15, 0.2) is 53.3 Å². The van der Waals surface area contributed by atoms with E-state index in [2.05, 4.69) is 21.2 Å². The maximum atomic E-state index is 9.98. The molecule has 5 rings (SSSR count). The zero-order valence-corrected chi connectivity index (χ0v) is 19.8. The van der Waals surface area contributed by atoms with E-state index in [1.54, 1.807) is 25.6 Å². The maximum Gasteiger partial charge on any atom is 0.189 e. The van der Waals surface area contributed by atoms with Crippen molar-refractivity contribution in [1.29, 1.82) is 5.26 Å². The van der Waals surface area contributed by atoms with Crippen LogP contribution in [0, 0.1) is 18.3 Å². The molecular formula is C27H26N6O2. The van der Waals surface area contributed by atoms with Crippen molar-refractivity contribution in [3.05, 3.63) is 60.0 Å². The van der Waals surface area contributed by atoms with Crippen LogP contribution in [0.2, 0.25) is 0 Å². The average molecular weight is 467 g/mol. The van der Waals surface area contributed by atoms with Gasteiger partial charge < -0.3 is 15.0 Å². The van der Waals surface area contributed by atoms with Crippen molar-refractivity contribution >= 4 is 5.82 Å². The minimum Gasteiger partial charge on any atom is -0.496 e. The van der Waals surface area contributed by atoms with Gasteiger partial charge in [-0.25, -0.2) is 9.97 Å². The maximum absolute atomic E-state index is 9.98. The largest absolute Gasteiger partial charge is 0.496 e. The fourth-order valence-corrected chi connectivity index (χ4v) is 4.79. The van der Waals surface area contributed by atoms with Crippen molar-refractivity contribution in [2.75, 3.05) is 12.8 Å². The normalized spacial score (nSPS) is 14.9. The Morgan fingerprint density at radius 1 is 1.09 bits per heavy atom. The summed E-state index contributed by atoms with van der Waals surface area (Å²) in [6, 6.07) is 13.9. The van der Waals surface area contributed by atoms with E-state index >= 15 is 0 Å². The summed E-state index contributed by atoms with van der Waals surface area (Å²) in [7, 11) is 1.62. The molecule has 1 fully saturated rings. The molecule has 3 heterocycles. The highest BCUT2D eigenvalue weighted by molar-refractivity contribution is 5.76. The highest BCUT2D eigenvalue weighted by Crippen LogP contribution is 2.39. The number of anilines is 1. The third kappa shape index (κ3) is 4.10. The lowest BCUT2D eigenvalue weighted by atomic mass is 9.72. The number of aromatic nitrogens is 4. The quantitative estimate of drug-likeness (QED) is 0.410. The molecule has 1 saturated carbocycles. The molecule has 35 heavy (non-hydrogen) atoms. The number of methoxy groups -OCH3 is 1. The Balaban J connectivity index is 1.53. The summed E-state index contributed by atoms with van der Waals surface area (Å²) in [6.07, 6.45) is 8.22. The number of ether oxygens (including phenoxy) is 1. The lowest BCUT2D eigenvalue weighted by molar-refractivity contribution is 0.358. The molecule has 3 aromatic heterocycles. The summed E-state index contributed by atoms with van der Waals surface area (Å²) in [6.45, 7) is 1.99. The van der Waals surface area contributed by atoms with E-state index in [1.165, 1.54) is 0 Å². The van der Waals surface area contributed by atoms with E-state index in [4.69, 9.17) is 20.0 Å². The van der Waals surface area contributed by atoms with Crippen molar-refractivity contribution < 1.29 is 9.26 Å². The van der Waals surface area contributed by atoms with Gasteiger partial charge in [-0.15, -0.1) is 0 Å². The number of hydrogen-bond donors (Lipinski definition) is 1. The number of hydrogen-bond acceptors (Lipinski definition) is 8. The molecule has 1 aromatic carbocycles. The fourth-order valence-electron chi connectivity index (χ4n) is 4.79.